The molecular formula is C7H6Cl3NO. The first-order valence-electron chi connectivity index (χ1n) is 2.97. The van der Waals surface area contributed by atoms with Crippen LogP contribution < -0.4 is 0 Å². The maximum absolute atomic E-state index is 9.65. The molecule has 0 aliphatic rings. The maximum atomic E-state index is 9.65. The van der Waals surface area contributed by atoms with Crippen molar-refractivity contribution < 1.29 is 4.79 Å². The van der Waals surface area contributed by atoms with Crippen LogP contribution in [0.2, 0.25) is 0 Å². The fourth-order valence-electron chi connectivity index (χ4n) is 0.313. The van der Waals surface area contributed by atoms with Crippen molar-refractivity contribution in [3.63, 3.8) is 0 Å². The molecular weight excluding hydrogens is 220 g/mol. The summed E-state index contributed by atoms with van der Waals surface area (Å²) in [5.41, 5.74) is 0. The van der Waals surface area contributed by atoms with Gasteiger partial charge in [-0.25, -0.2) is 0 Å². The number of carbonyl (C=O) groups is 1. The third-order valence-corrected chi connectivity index (χ3v) is 1.58. The fraction of sp³-hybridized carbons (Fsp3) is 0.143. The van der Waals surface area contributed by atoms with Gasteiger partial charge in [-0.3, -0.25) is 9.78 Å². The number of alkyl halides is 2. The molecule has 0 unspecified atom stereocenters. The van der Waals surface area contributed by atoms with Crippen LogP contribution in [0.1, 0.15) is 0 Å². The van der Waals surface area contributed by atoms with Gasteiger partial charge in [0.1, 0.15) is 0 Å². The average molecular weight is 226 g/mol. The lowest BCUT2D eigenvalue weighted by atomic mass is 10.5. The minimum Gasteiger partial charge on any atom is -0.278 e. The Labute approximate surface area is 85.5 Å². The normalized spacial score (nSPS) is 8.67. The first-order valence-corrected chi connectivity index (χ1v) is 4.22. The van der Waals surface area contributed by atoms with Gasteiger partial charge >= 0.3 is 0 Å². The molecule has 0 aliphatic carbocycles. The van der Waals surface area contributed by atoms with Gasteiger partial charge in [0.15, 0.2) is 4.84 Å². The summed E-state index contributed by atoms with van der Waals surface area (Å²) in [5.74, 6) is 0. The topological polar surface area (TPSA) is 30.0 Å². The second-order valence-corrected chi connectivity index (χ2v) is 3.10. The van der Waals surface area contributed by atoms with Gasteiger partial charge in [0.05, 0.1) is 0 Å². The summed E-state index contributed by atoms with van der Waals surface area (Å²) in [6, 6.07) is 5.72. The highest BCUT2D eigenvalue weighted by molar-refractivity contribution is 6.75. The lowest BCUT2D eigenvalue weighted by molar-refractivity contribution is -0.110. The number of nitrogens with zero attached hydrogens (tertiary/aromatic N) is 1. The third-order valence-electron chi connectivity index (χ3n) is 0.738. The van der Waals surface area contributed by atoms with E-state index in [9.17, 15) is 4.79 Å². The lowest BCUT2D eigenvalue weighted by Gasteiger charge is -1.82. The molecule has 66 valence electrons. The monoisotopic (exact) mass is 225 g/mol. The Morgan fingerprint density at radius 1 is 1.17 bits per heavy atom. The number of aromatic nitrogens is 1. The molecule has 1 rings (SSSR count). The Balaban J connectivity index is 0.000000202. The molecule has 0 saturated carbocycles. The van der Waals surface area contributed by atoms with E-state index in [1.807, 2.05) is 18.2 Å². The third kappa shape index (κ3) is 7.79. The van der Waals surface area contributed by atoms with Gasteiger partial charge < -0.3 is 0 Å². The molecule has 0 fully saturated rings. The van der Waals surface area contributed by atoms with Crippen molar-refractivity contribution in [2.24, 2.45) is 0 Å². The van der Waals surface area contributed by atoms with E-state index in [4.69, 9.17) is 34.8 Å². The summed E-state index contributed by atoms with van der Waals surface area (Å²) in [6.07, 6.45) is 3.50. The second-order valence-electron chi connectivity index (χ2n) is 1.63. The highest BCUT2D eigenvalue weighted by Crippen LogP contribution is 2.03. The largest absolute Gasteiger partial charge is 0.278 e. The van der Waals surface area contributed by atoms with E-state index in [-0.39, 0.29) is 0 Å². The summed E-state index contributed by atoms with van der Waals surface area (Å²) < 4.78 is 0. The number of hydrogen-bond donors (Lipinski definition) is 0. The first-order chi connectivity index (χ1) is 5.64. The number of halogens is 3. The van der Waals surface area contributed by atoms with Crippen molar-refractivity contribution in [2.75, 3.05) is 0 Å². The standard InChI is InChI=1S/C5H5N.C2HCl3O/c1-2-4-6-5-3-1;3-1(4)2(5)6/h1-5H;1H. The fourth-order valence-corrected chi connectivity index (χ4v) is 0.313. The molecule has 1 aromatic rings. The van der Waals surface area contributed by atoms with Crippen LogP contribution >= 0.6 is 34.8 Å². The van der Waals surface area contributed by atoms with Crippen LogP contribution in [0.15, 0.2) is 30.6 Å². The average Bonchev–Trinajstić information content (AvgIpc) is 2.08. The van der Waals surface area contributed by atoms with Crippen molar-refractivity contribution in [2.45, 2.75) is 4.84 Å². The SMILES string of the molecule is O=C(Cl)C(Cl)Cl.c1ccncc1. The van der Waals surface area contributed by atoms with Crippen LogP contribution in [0.25, 0.3) is 0 Å². The Bertz CT molecular complexity index is 188. The van der Waals surface area contributed by atoms with E-state index < -0.39 is 10.1 Å². The molecule has 1 heterocycles. The Morgan fingerprint density at radius 2 is 1.58 bits per heavy atom. The minimum absolute atomic E-state index is 0.738. The highest BCUT2D eigenvalue weighted by atomic mass is 35.5. The van der Waals surface area contributed by atoms with Crippen LogP contribution in [-0.2, 0) is 4.79 Å². The summed E-state index contributed by atoms with van der Waals surface area (Å²) in [4.78, 5) is 12.4. The van der Waals surface area contributed by atoms with Crippen LogP contribution in [0.3, 0.4) is 0 Å². The van der Waals surface area contributed by atoms with E-state index in [1.54, 1.807) is 12.4 Å². The first kappa shape index (κ1) is 11.7. The molecule has 0 aliphatic heterocycles. The summed E-state index contributed by atoms with van der Waals surface area (Å²) in [6.45, 7) is 0. The molecule has 0 amide bonds. The molecule has 12 heavy (non-hydrogen) atoms. The molecule has 5 heteroatoms. The van der Waals surface area contributed by atoms with E-state index >= 15 is 0 Å². The molecule has 1 aromatic heterocycles. The predicted octanol–water partition coefficient (Wildman–Crippen LogP) is 2.64. The molecule has 0 spiro atoms. The van der Waals surface area contributed by atoms with Gasteiger partial charge in [-0.2, -0.15) is 0 Å². The zero-order chi connectivity index (χ0) is 9.40. The van der Waals surface area contributed by atoms with Gasteiger partial charge in [-0.05, 0) is 23.7 Å². The van der Waals surface area contributed by atoms with E-state index in [0.717, 1.165) is 0 Å². The summed E-state index contributed by atoms with van der Waals surface area (Å²) >= 11 is 14.5. The Morgan fingerprint density at radius 3 is 1.67 bits per heavy atom. The number of hydrogen-bond acceptors (Lipinski definition) is 2. The van der Waals surface area contributed by atoms with Crippen molar-refractivity contribution in [3.8, 4) is 0 Å². The molecule has 2 nitrogen and oxygen atoms in total. The maximum Gasteiger partial charge on any atom is 0.254 e. The zero-order valence-corrected chi connectivity index (χ0v) is 8.22. The van der Waals surface area contributed by atoms with Gasteiger partial charge in [0.25, 0.3) is 5.24 Å². The van der Waals surface area contributed by atoms with Crippen LogP contribution in [0, 0.1) is 0 Å². The number of carbonyl (C=O) groups excluding carboxylic acids is 1. The number of rotatable bonds is 1. The molecule has 0 atom stereocenters. The van der Waals surface area contributed by atoms with E-state index in [1.165, 1.54) is 0 Å². The van der Waals surface area contributed by atoms with Crippen molar-refractivity contribution in [1.82, 2.24) is 4.98 Å². The molecule has 0 bridgehead atoms. The van der Waals surface area contributed by atoms with Crippen molar-refractivity contribution in [1.29, 1.82) is 0 Å². The Kier molecular flexibility index (Phi) is 7.16. The van der Waals surface area contributed by atoms with Crippen LogP contribution in [0.5, 0.6) is 0 Å². The zero-order valence-electron chi connectivity index (χ0n) is 5.95. The second kappa shape index (κ2) is 7.35. The number of pyridine rings is 1. The minimum atomic E-state index is -1.08. The van der Waals surface area contributed by atoms with Gasteiger partial charge in [-0.1, -0.05) is 29.3 Å². The van der Waals surface area contributed by atoms with Gasteiger partial charge in [0.2, 0.25) is 0 Å². The van der Waals surface area contributed by atoms with Crippen molar-refractivity contribution in [3.05, 3.63) is 30.6 Å². The summed E-state index contributed by atoms with van der Waals surface area (Å²) in [7, 11) is 0. The van der Waals surface area contributed by atoms with Gasteiger partial charge in [-0.15, -0.1) is 0 Å². The van der Waals surface area contributed by atoms with Gasteiger partial charge in [0, 0.05) is 12.4 Å². The Hall–Kier alpha value is -0.310. The highest BCUT2D eigenvalue weighted by Gasteiger charge is 2.04. The molecule has 0 aromatic carbocycles. The smallest absolute Gasteiger partial charge is 0.254 e. The van der Waals surface area contributed by atoms with E-state index in [0.29, 0.717) is 0 Å². The summed E-state index contributed by atoms with van der Waals surface area (Å²) in [5, 5.41) is -0.738. The van der Waals surface area contributed by atoms with E-state index in [2.05, 4.69) is 4.98 Å². The molecule has 0 N–H and O–H groups in total. The van der Waals surface area contributed by atoms with Crippen LogP contribution in [-0.4, -0.2) is 15.1 Å². The predicted molar refractivity (Wildman–Crippen MR) is 50.6 cm³/mol. The molecule has 0 saturated heterocycles. The van der Waals surface area contributed by atoms with Crippen LogP contribution in [0.4, 0.5) is 0 Å². The lowest BCUT2D eigenvalue weighted by Crippen LogP contribution is -1.95. The van der Waals surface area contributed by atoms with Crippen molar-refractivity contribution >= 4 is 40.0 Å². The molecule has 0 radical (unpaired) electrons. The quantitative estimate of drug-likeness (QED) is 0.544.